The van der Waals surface area contributed by atoms with Crippen LogP contribution in [0.1, 0.15) is 36.8 Å². The number of hydroxylamine groups is 2. The van der Waals surface area contributed by atoms with Crippen molar-refractivity contribution in [3.63, 3.8) is 0 Å². The van der Waals surface area contributed by atoms with Crippen LogP contribution in [0.5, 0.6) is 5.88 Å². The number of ether oxygens (including phenoxy) is 2. The second kappa shape index (κ2) is 10.3. The van der Waals surface area contributed by atoms with Crippen LogP contribution < -0.4 is 10.1 Å². The highest BCUT2D eigenvalue weighted by Crippen LogP contribution is 2.26. The molecule has 0 bridgehead atoms. The van der Waals surface area contributed by atoms with Crippen molar-refractivity contribution in [1.82, 2.24) is 25.1 Å². The molecule has 2 aromatic heterocycles. The summed E-state index contributed by atoms with van der Waals surface area (Å²) >= 11 is 0. The zero-order chi connectivity index (χ0) is 24.9. The molecule has 0 unspecified atom stereocenters. The lowest BCUT2D eigenvalue weighted by Crippen LogP contribution is -2.40. The first kappa shape index (κ1) is 24.7. The summed E-state index contributed by atoms with van der Waals surface area (Å²) in [6.45, 7) is 5.78. The van der Waals surface area contributed by atoms with Gasteiger partial charge in [-0.25, -0.2) is 19.5 Å². The van der Waals surface area contributed by atoms with Gasteiger partial charge in [-0.05, 0) is 38.5 Å². The number of hydrogen-bond acceptors (Lipinski definition) is 7. The van der Waals surface area contributed by atoms with E-state index < -0.39 is 6.09 Å². The van der Waals surface area contributed by atoms with Gasteiger partial charge in [0.05, 0.1) is 31.8 Å². The van der Waals surface area contributed by atoms with Gasteiger partial charge in [-0.3, -0.25) is 9.63 Å². The maximum Gasteiger partial charge on any atom is 0.407 e. The van der Waals surface area contributed by atoms with Gasteiger partial charge in [0.15, 0.2) is 5.69 Å². The van der Waals surface area contributed by atoms with E-state index >= 15 is 0 Å². The highest BCUT2D eigenvalue weighted by molar-refractivity contribution is 5.92. The molecule has 10 nitrogen and oxygen atoms in total. The van der Waals surface area contributed by atoms with Gasteiger partial charge in [0.2, 0.25) is 5.88 Å². The molecule has 10 heteroatoms. The Labute approximate surface area is 198 Å². The average molecular weight is 468 g/mol. The Morgan fingerprint density at radius 3 is 2.35 bits per heavy atom. The van der Waals surface area contributed by atoms with E-state index in [1.54, 1.807) is 29.1 Å². The highest BCUT2D eigenvalue weighted by Gasteiger charge is 2.20. The topological polar surface area (TPSA) is 108 Å². The van der Waals surface area contributed by atoms with Crippen LogP contribution in [0.15, 0.2) is 48.7 Å². The molecule has 0 spiro atoms. The van der Waals surface area contributed by atoms with Gasteiger partial charge in [0.1, 0.15) is 6.61 Å². The molecule has 0 aliphatic carbocycles. The first-order valence-corrected chi connectivity index (χ1v) is 10.6. The summed E-state index contributed by atoms with van der Waals surface area (Å²) in [6, 6.07) is 12.7. The van der Waals surface area contributed by atoms with Crippen LogP contribution in [0.25, 0.3) is 16.9 Å². The Kier molecular flexibility index (Phi) is 7.52. The number of rotatable bonds is 7. The summed E-state index contributed by atoms with van der Waals surface area (Å²) in [4.78, 5) is 33.8. The molecule has 1 aromatic carbocycles. The van der Waals surface area contributed by atoms with Crippen molar-refractivity contribution >= 4 is 12.0 Å². The Morgan fingerprint density at radius 2 is 1.79 bits per heavy atom. The fraction of sp³-hybridized carbons (Fsp3) is 0.333. The first-order valence-electron chi connectivity index (χ1n) is 10.6. The third-order valence-corrected chi connectivity index (χ3v) is 4.76. The Bertz CT molecular complexity index is 1130. The molecular weight excluding hydrogens is 438 g/mol. The fourth-order valence-electron chi connectivity index (χ4n) is 3.01. The van der Waals surface area contributed by atoms with E-state index in [2.05, 4.69) is 15.4 Å². The van der Waals surface area contributed by atoms with Gasteiger partial charge in [-0.1, -0.05) is 24.3 Å². The number of benzene rings is 1. The van der Waals surface area contributed by atoms with Crippen molar-refractivity contribution in [2.45, 2.75) is 32.9 Å². The second-order valence-electron chi connectivity index (χ2n) is 8.52. The van der Waals surface area contributed by atoms with Crippen LogP contribution in [0.2, 0.25) is 0 Å². The fourth-order valence-corrected chi connectivity index (χ4v) is 3.01. The number of carbonyl (C=O) groups excluding carboxylic acids is 2. The van der Waals surface area contributed by atoms with E-state index in [0.29, 0.717) is 17.3 Å². The summed E-state index contributed by atoms with van der Waals surface area (Å²) in [5.74, 6) is 0.0755. The number of hydrogen-bond donors (Lipinski definition) is 1. The van der Waals surface area contributed by atoms with Gasteiger partial charge in [-0.15, -0.1) is 0 Å². The summed E-state index contributed by atoms with van der Waals surface area (Å²) in [6.07, 6.45) is 1.13. The molecule has 0 aliphatic heterocycles. The molecule has 0 fully saturated rings. The van der Waals surface area contributed by atoms with E-state index in [4.69, 9.17) is 14.3 Å². The molecule has 3 aromatic rings. The molecule has 2 heterocycles. The van der Waals surface area contributed by atoms with Crippen molar-refractivity contribution in [3.8, 4) is 22.8 Å². The summed E-state index contributed by atoms with van der Waals surface area (Å²) < 4.78 is 12.0. The van der Waals surface area contributed by atoms with Crippen LogP contribution in [-0.2, 0) is 16.2 Å². The minimum absolute atomic E-state index is 0.131. The third-order valence-electron chi connectivity index (χ3n) is 4.76. The molecule has 0 radical (unpaired) electrons. The summed E-state index contributed by atoms with van der Waals surface area (Å²) in [7, 11) is 4.46. The lowest BCUT2D eigenvalue weighted by Gasteiger charge is -2.19. The number of amides is 2. The molecule has 34 heavy (non-hydrogen) atoms. The average Bonchev–Trinajstić information content (AvgIpc) is 3.26. The van der Waals surface area contributed by atoms with Crippen LogP contribution in [0.4, 0.5) is 4.79 Å². The van der Waals surface area contributed by atoms with Gasteiger partial charge in [-0.2, -0.15) is 5.10 Å². The van der Waals surface area contributed by atoms with Gasteiger partial charge < -0.3 is 14.8 Å². The lowest BCUT2D eigenvalue weighted by molar-refractivity contribution is -0.0760. The second-order valence-corrected chi connectivity index (χ2v) is 8.52. The van der Waals surface area contributed by atoms with E-state index in [0.717, 1.165) is 16.2 Å². The lowest BCUT2D eigenvalue weighted by atomic mass is 10.1. The molecule has 0 atom stereocenters. The minimum atomic E-state index is -0.480. The number of aromatic nitrogens is 3. The van der Waals surface area contributed by atoms with E-state index in [1.165, 1.54) is 21.3 Å². The van der Waals surface area contributed by atoms with Gasteiger partial charge in [0.25, 0.3) is 5.91 Å². The molecule has 0 aliphatic rings. The van der Waals surface area contributed by atoms with Gasteiger partial charge in [0, 0.05) is 24.2 Å². The number of carbonyl (C=O) groups is 2. The van der Waals surface area contributed by atoms with Crippen LogP contribution in [0.3, 0.4) is 0 Å². The first-order chi connectivity index (χ1) is 16.1. The summed E-state index contributed by atoms with van der Waals surface area (Å²) in [5.41, 5.74) is 2.80. The SMILES string of the molecule is COc1ccc(-n2nc(C(=O)N(C)OC)cc2-c2ccc(COC(=O)NC(C)(C)C)cc2)cn1. The Morgan fingerprint density at radius 1 is 1.09 bits per heavy atom. The van der Waals surface area contributed by atoms with E-state index in [9.17, 15) is 9.59 Å². The number of nitrogens with zero attached hydrogens (tertiary/aromatic N) is 4. The predicted molar refractivity (Wildman–Crippen MR) is 126 cm³/mol. The Balaban J connectivity index is 1.88. The van der Waals surface area contributed by atoms with Crippen LogP contribution in [0, 0.1) is 0 Å². The highest BCUT2D eigenvalue weighted by atomic mass is 16.7. The van der Waals surface area contributed by atoms with Gasteiger partial charge >= 0.3 is 6.09 Å². The van der Waals surface area contributed by atoms with E-state index in [1.807, 2.05) is 45.0 Å². The monoisotopic (exact) mass is 467 g/mol. The van der Waals surface area contributed by atoms with Crippen molar-refractivity contribution in [2.75, 3.05) is 21.3 Å². The molecule has 1 N–H and O–H groups in total. The predicted octanol–water partition coefficient (Wildman–Crippen LogP) is 3.60. The number of methoxy groups -OCH3 is 1. The zero-order valence-corrected chi connectivity index (χ0v) is 20.2. The molecule has 2 amide bonds. The maximum atomic E-state index is 12.6. The molecular formula is C24H29N5O5. The Hall–Kier alpha value is -3.92. The van der Waals surface area contributed by atoms with E-state index in [-0.39, 0.29) is 23.7 Å². The third kappa shape index (κ3) is 6.10. The smallest absolute Gasteiger partial charge is 0.407 e. The van der Waals surface area contributed by atoms with Crippen molar-refractivity contribution in [3.05, 3.63) is 59.9 Å². The van der Waals surface area contributed by atoms with Crippen molar-refractivity contribution < 1.29 is 23.9 Å². The molecule has 0 saturated carbocycles. The zero-order valence-electron chi connectivity index (χ0n) is 20.2. The number of alkyl carbamates (subject to hydrolysis) is 1. The molecule has 0 saturated heterocycles. The van der Waals surface area contributed by atoms with Crippen molar-refractivity contribution in [2.24, 2.45) is 0 Å². The maximum absolute atomic E-state index is 12.6. The summed E-state index contributed by atoms with van der Waals surface area (Å²) in [5, 5.41) is 8.34. The van der Waals surface area contributed by atoms with Crippen molar-refractivity contribution in [1.29, 1.82) is 0 Å². The largest absolute Gasteiger partial charge is 0.481 e. The number of nitrogens with one attached hydrogen (secondary N) is 1. The van der Waals surface area contributed by atoms with Crippen LogP contribution in [-0.4, -0.2) is 58.6 Å². The quantitative estimate of drug-likeness (QED) is 0.529. The minimum Gasteiger partial charge on any atom is -0.481 e. The van der Waals surface area contributed by atoms with Crippen LogP contribution >= 0.6 is 0 Å². The molecule has 180 valence electrons. The number of pyridine rings is 1. The normalized spacial score (nSPS) is 11.1. The molecule has 3 rings (SSSR count). The standard InChI is InChI=1S/C24H29N5O5/c1-24(2,3)26-23(31)34-15-16-7-9-17(10-8-16)20-13-19(22(30)28(4)33-6)27-29(20)18-11-12-21(32-5)25-14-18/h7-14H,15H2,1-6H3,(H,26,31).